The number of nitrogen functional groups attached to an aromatic ring is 1. The van der Waals surface area contributed by atoms with E-state index in [1.165, 1.54) is 0 Å². The van der Waals surface area contributed by atoms with Gasteiger partial charge in [0.05, 0.1) is 17.3 Å². The summed E-state index contributed by atoms with van der Waals surface area (Å²) in [6.07, 6.45) is 0. The van der Waals surface area contributed by atoms with Crippen LogP contribution in [0.3, 0.4) is 0 Å². The van der Waals surface area contributed by atoms with Crippen LogP contribution in [0.15, 0.2) is 84.9 Å². The maximum atomic E-state index is 12.9. The van der Waals surface area contributed by atoms with E-state index in [-0.39, 0.29) is 11.8 Å². The predicted octanol–water partition coefficient (Wildman–Crippen LogP) is 4.04. The van der Waals surface area contributed by atoms with E-state index < -0.39 is 0 Å². The number of carbonyl (C=O) groups is 1. The molecule has 3 N–H and O–H groups in total. The van der Waals surface area contributed by atoms with Gasteiger partial charge in [-0.05, 0) is 23.3 Å². The van der Waals surface area contributed by atoms with Crippen molar-refractivity contribution in [1.29, 1.82) is 0 Å². The molecule has 0 heterocycles. The second-order valence-corrected chi connectivity index (χ2v) is 5.33. The van der Waals surface area contributed by atoms with Crippen LogP contribution >= 0.6 is 0 Å². The molecule has 3 aromatic rings. The molecule has 0 saturated heterocycles. The van der Waals surface area contributed by atoms with Gasteiger partial charge in [-0.3, -0.25) is 4.79 Å². The normalized spacial score (nSPS) is 10.5. The molecule has 0 aromatic heterocycles. The van der Waals surface area contributed by atoms with Crippen LogP contribution in [0.1, 0.15) is 17.0 Å². The summed E-state index contributed by atoms with van der Waals surface area (Å²) in [6, 6.07) is 26.8. The lowest BCUT2D eigenvalue weighted by Crippen LogP contribution is -2.22. The maximum Gasteiger partial charge on any atom is 0.236 e. The molecule has 3 aromatic carbocycles. The van der Waals surface area contributed by atoms with Crippen LogP contribution in [0.2, 0.25) is 0 Å². The van der Waals surface area contributed by atoms with Crippen molar-refractivity contribution >= 4 is 17.3 Å². The first-order valence-corrected chi connectivity index (χ1v) is 7.51. The summed E-state index contributed by atoms with van der Waals surface area (Å²) < 4.78 is 0. The molecule has 3 rings (SSSR count). The Morgan fingerprint density at radius 2 is 1.22 bits per heavy atom. The van der Waals surface area contributed by atoms with Crippen molar-refractivity contribution in [1.82, 2.24) is 0 Å². The minimum absolute atomic E-state index is 0.0969. The average Bonchev–Trinajstić information content (AvgIpc) is 2.59. The Morgan fingerprint density at radius 1 is 0.739 bits per heavy atom. The molecule has 3 nitrogen and oxygen atoms in total. The molecular formula is C20H18N2O. The van der Waals surface area contributed by atoms with Gasteiger partial charge >= 0.3 is 0 Å². The van der Waals surface area contributed by atoms with Crippen LogP contribution in [-0.4, -0.2) is 5.91 Å². The molecule has 0 fully saturated rings. The van der Waals surface area contributed by atoms with E-state index in [0.717, 1.165) is 11.1 Å². The van der Waals surface area contributed by atoms with Crippen molar-refractivity contribution in [2.75, 3.05) is 11.1 Å². The minimum Gasteiger partial charge on any atom is -0.397 e. The first kappa shape index (κ1) is 14.9. The number of nitrogens with one attached hydrogen (secondary N) is 1. The molecule has 0 atom stereocenters. The van der Waals surface area contributed by atoms with E-state index in [2.05, 4.69) is 5.32 Å². The standard InChI is InChI=1S/C20H18N2O/c21-17-13-7-8-14-18(17)22-20(23)19(15-9-3-1-4-10-15)16-11-5-2-6-12-16/h1-14,19H,21H2,(H,22,23). The molecule has 0 aliphatic heterocycles. The van der Waals surface area contributed by atoms with Gasteiger partial charge in [-0.15, -0.1) is 0 Å². The molecule has 23 heavy (non-hydrogen) atoms. The van der Waals surface area contributed by atoms with Crippen molar-refractivity contribution in [3.05, 3.63) is 96.1 Å². The lowest BCUT2D eigenvalue weighted by Gasteiger charge is -2.18. The van der Waals surface area contributed by atoms with Gasteiger partial charge in [0.25, 0.3) is 0 Å². The van der Waals surface area contributed by atoms with E-state index in [0.29, 0.717) is 11.4 Å². The summed E-state index contributed by atoms with van der Waals surface area (Å²) in [6.45, 7) is 0. The molecule has 114 valence electrons. The van der Waals surface area contributed by atoms with Gasteiger partial charge < -0.3 is 11.1 Å². The Morgan fingerprint density at radius 3 is 1.74 bits per heavy atom. The van der Waals surface area contributed by atoms with Crippen LogP contribution in [0.25, 0.3) is 0 Å². The summed E-state index contributed by atoms with van der Waals surface area (Å²) in [5.74, 6) is -0.475. The molecule has 3 heteroatoms. The van der Waals surface area contributed by atoms with E-state index in [1.54, 1.807) is 12.1 Å². The summed E-state index contributed by atoms with van der Waals surface area (Å²) in [5.41, 5.74) is 9.02. The maximum absolute atomic E-state index is 12.9. The fourth-order valence-corrected chi connectivity index (χ4v) is 2.60. The zero-order chi connectivity index (χ0) is 16.1. The van der Waals surface area contributed by atoms with Gasteiger partial charge in [0, 0.05) is 0 Å². The largest absolute Gasteiger partial charge is 0.397 e. The zero-order valence-electron chi connectivity index (χ0n) is 12.6. The van der Waals surface area contributed by atoms with Crippen molar-refractivity contribution in [2.24, 2.45) is 0 Å². The number of hydrogen-bond donors (Lipinski definition) is 2. The summed E-state index contributed by atoms with van der Waals surface area (Å²) in [4.78, 5) is 12.9. The van der Waals surface area contributed by atoms with Crippen LogP contribution in [0.5, 0.6) is 0 Å². The van der Waals surface area contributed by atoms with Crippen molar-refractivity contribution in [3.8, 4) is 0 Å². The smallest absolute Gasteiger partial charge is 0.236 e. The third-order valence-electron chi connectivity index (χ3n) is 3.75. The number of benzene rings is 3. The second-order valence-electron chi connectivity index (χ2n) is 5.33. The van der Waals surface area contributed by atoms with E-state index in [1.807, 2.05) is 72.8 Å². The molecule has 0 saturated carbocycles. The van der Waals surface area contributed by atoms with Gasteiger partial charge in [0.2, 0.25) is 5.91 Å². The zero-order valence-corrected chi connectivity index (χ0v) is 12.6. The Bertz CT molecular complexity index is 746. The van der Waals surface area contributed by atoms with Crippen molar-refractivity contribution in [2.45, 2.75) is 5.92 Å². The van der Waals surface area contributed by atoms with Gasteiger partial charge in [-0.1, -0.05) is 72.8 Å². The van der Waals surface area contributed by atoms with Crippen LogP contribution < -0.4 is 11.1 Å². The van der Waals surface area contributed by atoms with E-state index in [4.69, 9.17) is 5.73 Å². The van der Waals surface area contributed by atoms with Crippen LogP contribution in [0.4, 0.5) is 11.4 Å². The number of nitrogens with two attached hydrogens (primary N) is 1. The SMILES string of the molecule is Nc1ccccc1NC(=O)C(c1ccccc1)c1ccccc1. The molecule has 0 unspecified atom stereocenters. The Balaban J connectivity index is 1.96. The van der Waals surface area contributed by atoms with Crippen molar-refractivity contribution in [3.63, 3.8) is 0 Å². The predicted molar refractivity (Wildman–Crippen MR) is 94.2 cm³/mol. The van der Waals surface area contributed by atoms with Gasteiger partial charge in [0.1, 0.15) is 0 Å². The topological polar surface area (TPSA) is 55.1 Å². The first-order valence-electron chi connectivity index (χ1n) is 7.51. The summed E-state index contributed by atoms with van der Waals surface area (Å²) in [7, 11) is 0. The monoisotopic (exact) mass is 302 g/mol. The fourth-order valence-electron chi connectivity index (χ4n) is 2.60. The minimum atomic E-state index is -0.378. The average molecular weight is 302 g/mol. The molecule has 0 bridgehead atoms. The van der Waals surface area contributed by atoms with E-state index in [9.17, 15) is 4.79 Å². The summed E-state index contributed by atoms with van der Waals surface area (Å²) >= 11 is 0. The highest BCUT2D eigenvalue weighted by atomic mass is 16.1. The Hall–Kier alpha value is -3.07. The number of hydrogen-bond acceptors (Lipinski definition) is 2. The van der Waals surface area contributed by atoms with Gasteiger partial charge in [-0.25, -0.2) is 0 Å². The molecular weight excluding hydrogens is 284 g/mol. The first-order chi connectivity index (χ1) is 11.3. The number of rotatable bonds is 4. The molecule has 0 spiro atoms. The number of anilines is 2. The fraction of sp³-hybridized carbons (Fsp3) is 0.0500. The Kier molecular flexibility index (Phi) is 4.39. The number of amides is 1. The molecule has 1 amide bonds. The lowest BCUT2D eigenvalue weighted by atomic mass is 9.90. The van der Waals surface area contributed by atoms with Crippen LogP contribution in [-0.2, 0) is 4.79 Å². The number of carbonyl (C=O) groups excluding carboxylic acids is 1. The highest BCUT2D eigenvalue weighted by Gasteiger charge is 2.22. The second kappa shape index (κ2) is 6.79. The van der Waals surface area contributed by atoms with E-state index >= 15 is 0 Å². The third-order valence-corrected chi connectivity index (χ3v) is 3.75. The lowest BCUT2D eigenvalue weighted by molar-refractivity contribution is -0.116. The molecule has 0 radical (unpaired) electrons. The van der Waals surface area contributed by atoms with Gasteiger partial charge in [0.15, 0.2) is 0 Å². The molecule has 0 aliphatic carbocycles. The highest BCUT2D eigenvalue weighted by molar-refractivity contribution is 6.00. The highest BCUT2D eigenvalue weighted by Crippen LogP contribution is 2.27. The molecule has 0 aliphatic rings. The van der Waals surface area contributed by atoms with Crippen LogP contribution in [0, 0.1) is 0 Å². The third kappa shape index (κ3) is 3.40. The quantitative estimate of drug-likeness (QED) is 0.715. The Labute approximate surface area is 135 Å². The number of para-hydroxylation sites is 2. The van der Waals surface area contributed by atoms with Crippen molar-refractivity contribution < 1.29 is 4.79 Å². The summed E-state index contributed by atoms with van der Waals surface area (Å²) in [5, 5.41) is 2.94. The van der Waals surface area contributed by atoms with Gasteiger partial charge in [-0.2, -0.15) is 0 Å².